The highest BCUT2D eigenvalue weighted by Gasteiger charge is 2.10. The Kier molecular flexibility index (Phi) is 4.68. The monoisotopic (exact) mass is 225 g/mol. The molecule has 0 fully saturated rings. The molecule has 0 saturated heterocycles. The molecule has 0 atom stereocenters. The third-order valence-corrected chi connectivity index (χ3v) is 2.11. The highest BCUT2D eigenvalue weighted by molar-refractivity contribution is 5.43. The van der Waals surface area contributed by atoms with Gasteiger partial charge < -0.3 is 15.8 Å². The molecular formula is C10H15N3O3. The predicted octanol–water partition coefficient (Wildman–Crippen LogP) is 0.652. The van der Waals surface area contributed by atoms with Crippen LogP contribution in [0.15, 0.2) is 18.2 Å². The molecule has 0 aliphatic heterocycles. The molecule has 1 aromatic carbocycles. The second-order valence-corrected chi connectivity index (χ2v) is 3.22. The average Bonchev–Trinajstić information content (AvgIpc) is 2.29. The van der Waals surface area contributed by atoms with E-state index in [1.807, 2.05) is 0 Å². The number of nitro groups is 1. The van der Waals surface area contributed by atoms with Gasteiger partial charge in [0, 0.05) is 37.3 Å². The summed E-state index contributed by atoms with van der Waals surface area (Å²) in [6.07, 6.45) is 0. The molecule has 0 aromatic heterocycles. The summed E-state index contributed by atoms with van der Waals surface area (Å²) in [6, 6.07) is 4.52. The molecule has 6 nitrogen and oxygen atoms in total. The Morgan fingerprint density at radius 2 is 2.31 bits per heavy atom. The fourth-order valence-electron chi connectivity index (χ4n) is 1.34. The number of rotatable bonds is 6. The number of non-ortho nitro benzene ring substituents is 1. The van der Waals surface area contributed by atoms with Gasteiger partial charge in [-0.05, 0) is 6.07 Å². The Morgan fingerprint density at radius 3 is 2.88 bits per heavy atom. The van der Waals surface area contributed by atoms with E-state index in [0.29, 0.717) is 25.4 Å². The van der Waals surface area contributed by atoms with Gasteiger partial charge in [0.2, 0.25) is 0 Å². The van der Waals surface area contributed by atoms with E-state index in [9.17, 15) is 10.1 Å². The van der Waals surface area contributed by atoms with Crippen LogP contribution in [0.1, 0.15) is 5.56 Å². The zero-order valence-corrected chi connectivity index (χ0v) is 9.10. The first kappa shape index (κ1) is 12.4. The fraction of sp³-hybridized carbons (Fsp3) is 0.400. The summed E-state index contributed by atoms with van der Waals surface area (Å²) in [5.41, 5.74) is 6.15. The molecule has 0 bridgehead atoms. The van der Waals surface area contributed by atoms with Gasteiger partial charge in [0.15, 0.2) is 0 Å². The van der Waals surface area contributed by atoms with E-state index in [1.54, 1.807) is 6.07 Å². The first-order valence-corrected chi connectivity index (χ1v) is 4.91. The zero-order chi connectivity index (χ0) is 12.0. The number of nitrogens with zero attached hydrogens (tertiary/aromatic N) is 1. The van der Waals surface area contributed by atoms with Gasteiger partial charge in [0.1, 0.15) is 5.75 Å². The van der Waals surface area contributed by atoms with Gasteiger partial charge in [-0.2, -0.15) is 0 Å². The van der Waals surface area contributed by atoms with Crippen molar-refractivity contribution in [3.8, 4) is 5.75 Å². The van der Waals surface area contributed by atoms with Gasteiger partial charge in [-0.15, -0.1) is 0 Å². The Balaban J connectivity index is 2.84. The maximum Gasteiger partial charge on any atom is 0.270 e. The van der Waals surface area contributed by atoms with Crippen LogP contribution in [-0.4, -0.2) is 25.1 Å². The smallest absolute Gasteiger partial charge is 0.270 e. The normalized spacial score (nSPS) is 10.1. The van der Waals surface area contributed by atoms with Crippen molar-refractivity contribution in [2.75, 3.05) is 20.2 Å². The van der Waals surface area contributed by atoms with Crippen LogP contribution >= 0.6 is 0 Å². The lowest BCUT2D eigenvalue weighted by Gasteiger charge is -2.08. The average molecular weight is 225 g/mol. The van der Waals surface area contributed by atoms with Crippen LogP contribution in [0, 0.1) is 10.1 Å². The molecule has 0 heterocycles. The number of hydrogen-bond acceptors (Lipinski definition) is 5. The van der Waals surface area contributed by atoms with Gasteiger partial charge in [0.05, 0.1) is 12.0 Å². The van der Waals surface area contributed by atoms with Gasteiger partial charge >= 0.3 is 0 Å². The molecule has 0 aliphatic rings. The van der Waals surface area contributed by atoms with Crippen LogP contribution in [0.4, 0.5) is 5.69 Å². The largest absolute Gasteiger partial charge is 0.496 e. The van der Waals surface area contributed by atoms with Crippen molar-refractivity contribution < 1.29 is 9.66 Å². The standard InChI is InChI=1S/C10H15N3O3/c1-16-10-3-2-9(13(14)15)6-8(10)7-12-5-4-11/h2-3,6,12H,4-5,7,11H2,1H3. The first-order chi connectivity index (χ1) is 7.69. The molecule has 0 amide bonds. The lowest BCUT2D eigenvalue weighted by molar-refractivity contribution is -0.384. The van der Waals surface area contributed by atoms with E-state index in [4.69, 9.17) is 10.5 Å². The molecule has 0 saturated carbocycles. The Bertz CT molecular complexity index is 368. The van der Waals surface area contributed by atoms with Crippen LogP contribution in [-0.2, 0) is 6.54 Å². The SMILES string of the molecule is COc1ccc([N+](=O)[O-])cc1CNCCN. The number of benzene rings is 1. The van der Waals surface area contributed by atoms with E-state index in [1.165, 1.54) is 19.2 Å². The molecule has 3 N–H and O–H groups in total. The van der Waals surface area contributed by atoms with E-state index >= 15 is 0 Å². The van der Waals surface area contributed by atoms with Crippen LogP contribution in [0.2, 0.25) is 0 Å². The maximum absolute atomic E-state index is 10.6. The number of nitrogens with one attached hydrogen (secondary N) is 1. The minimum absolute atomic E-state index is 0.0605. The van der Waals surface area contributed by atoms with Crippen molar-refractivity contribution in [2.45, 2.75) is 6.54 Å². The van der Waals surface area contributed by atoms with Crippen molar-refractivity contribution in [1.29, 1.82) is 0 Å². The van der Waals surface area contributed by atoms with Crippen LogP contribution in [0.25, 0.3) is 0 Å². The summed E-state index contributed by atoms with van der Waals surface area (Å²) in [4.78, 5) is 10.2. The predicted molar refractivity (Wildman–Crippen MR) is 60.4 cm³/mol. The number of nitrogens with two attached hydrogens (primary N) is 1. The molecule has 1 rings (SSSR count). The second kappa shape index (κ2) is 6.04. The molecule has 0 radical (unpaired) electrons. The van der Waals surface area contributed by atoms with E-state index in [2.05, 4.69) is 5.32 Å². The van der Waals surface area contributed by atoms with Gasteiger partial charge in [-0.25, -0.2) is 0 Å². The van der Waals surface area contributed by atoms with E-state index < -0.39 is 4.92 Å². The topological polar surface area (TPSA) is 90.4 Å². The number of ether oxygens (including phenoxy) is 1. The minimum atomic E-state index is -0.425. The molecule has 1 aromatic rings. The van der Waals surface area contributed by atoms with Gasteiger partial charge in [-0.1, -0.05) is 0 Å². The quantitative estimate of drug-likeness (QED) is 0.421. The van der Waals surface area contributed by atoms with E-state index in [-0.39, 0.29) is 5.69 Å². The third kappa shape index (κ3) is 3.18. The Labute approximate surface area is 93.5 Å². The summed E-state index contributed by atoms with van der Waals surface area (Å²) >= 11 is 0. The lowest BCUT2D eigenvalue weighted by Crippen LogP contribution is -2.22. The fourth-order valence-corrected chi connectivity index (χ4v) is 1.34. The van der Waals surface area contributed by atoms with Crippen molar-refractivity contribution in [2.24, 2.45) is 5.73 Å². The number of nitro benzene ring substituents is 1. The zero-order valence-electron chi connectivity index (χ0n) is 9.10. The Hall–Kier alpha value is -1.66. The molecule has 0 spiro atoms. The lowest BCUT2D eigenvalue weighted by atomic mass is 10.1. The number of methoxy groups -OCH3 is 1. The molecule has 88 valence electrons. The summed E-state index contributed by atoms with van der Waals surface area (Å²) in [5, 5.41) is 13.7. The summed E-state index contributed by atoms with van der Waals surface area (Å²) < 4.78 is 5.12. The summed E-state index contributed by atoms with van der Waals surface area (Å²) in [5.74, 6) is 0.634. The summed E-state index contributed by atoms with van der Waals surface area (Å²) in [6.45, 7) is 1.69. The highest BCUT2D eigenvalue weighted by Crippen LogP contribution is 2.23. The highest BCUT2D eigenvalue weighted by atomic mass is 16.6. The van der Waals surface area contributed by atoms with Crippen molar-refractivity contribution >= 4 is 5.69 Å². The van der Waals surface area contributed by atoms with Gasteiger partial charge in [-0.3, -0.25) is 10.1 Å². The Morgan fingerprint density at radius 1 is 1.56 bits per heavy atom. The molecule has 0 aliphatic carbocycles. The molecular weight excluding hydrogens is 210 g/mol. The van der Waals surface area contributed by atoms with Crippen LogP contribution in [0.5, 0.6) is 5.75 Å². The maximum atomic E-state index is 10.6. The second-order valence-electron chi connectivity index (χ2n) is 3.22. The third-order valence-electron chi connectivity index (χ3n) is 2.11. The van der Waals surface area contributed by atoms with Gasteiger partial charge in [0.25, 0.3) is 5.69 Å². The van der Waals surface area contributed by atoms with Crippen molar-refractivity contribution in [3.05, 3.63) is 33.9 Å². The number of hydrogen-bond donors (Lipinski definition) is 2. The molecule has 0 unspecified atom stereocenters. The molecule has 16 heavy (non-hydrogen) atoms. The van der Waals surface area contributed by atoms with E-state index in [0.717, 1.165) is 5.56 Å². The van der Waals surface area contributed by atoms with Crippen LogP contribution < -0.4 is 15.8 Å². The van der Waals surface area contributed by atoms with Crippen molar-refractivity contribution in [3.63, 3.8) is 0 Å². The first-order valence-electron chi connectivity index (χ1n) is 4.91. The van der Waals surface area contributed by atoms with Crippen molar-refractivity contribution in [1.82, 2.24) is 5.32 Å². The molecule has 6 heteroatoms. The van der Waals surface area contributed by atoms with Crippen LogP contribution in [0.3, 0.4) is 0 Å². The minimum Gasteiger partial charge on any atom is -0.496 e. The summed E-state index contributed by atoms with van der Waals surface area (Å²) in [7, 11) is 1.54.